The molecule has 1 saturated carbocycles. The van der Waals surface area contributed by atoms with Gasteiger partial charge in [-0.3, -0.25) is 9.89 Å². The number of amides is 1. The maximum Gasteiger partial charge on any atom is 0.276 e. The lowest BCUT2D eigenvalue weighted by molar-refractivity contribution is 0.0691. The maximum absolute atomic E-state index is 12.7. The van der Waals surface area contributed by atoms with Crippen LogP contribution in [-0.4, -0.2) is 58.6 Å². The van der Waals surface area contributed by atoms with Crippen LogP contribution in [0.3, 0.4) is 0 Å². The van der Waals surface area contributed by atoms with Gasteiger partial charge in [-0.15, -0.1) is 0 Å². The van der Waals surface area contributed by atoms with Crippen molar-refractivity contribution in [3.8, 4) is 0 Å². The first kappa shape index (κ1) is 13.4. The van der Waals surface area contributed by atoms with Gasteiger partial charge in [0.2, 0.25) is 0 Å². The SMILES string of the molecule is CC1CN(C)CCCN1C(=O)c1n[nH]c(C2CC2)c1N. The van der Waals surface area contributed by atoms with E-state index in [0.717, 1.165) is 44.6 Å². The second-order valence-corrected chi connectivity index (χ2v) is 6.14. The minimum atomic E-state index is -0.0338. The molecule has 1 unspecified atom stereocenters. The summed E-state index contributed by atoms with van der Waals surface area (Å²) in [4.78, 5) is 16.9. The van der Waals surface area contributed by atoms with E-state index in [2.05, 4.69) is 29.1 Å². The molecule has 6 nitrogen and oxygen atoms in total. The number of anilines is 1. The molecule has 0 radical (unpaired) electrons. The third-order valence-corrected chi connectivity index (χ3v) is 4.33. The predicted octanol–water partition coefficient (Wildman–Crippen LogP) is 1.04. The summed E-state index contributed by atoms with van der Waals surface area (Å²) in [6.07, 6.45) is 3.28. The van der Waals surface area contributed by atoms with E-state index in [4.69, 9.17) is 5.73 Å². The Morgan fingerprint density at radius 3 is 2.85 bits per heavy atom. The summed E-state index contributed by atoms with van der Waals surface area (Å²) < 4.78 is 0. The van der Waals surface area contributed by atoms with E-state index in [1.165, 1.54) is 0 Å². The van der Waals surface area contributed by atoms with E-state index in [0.29, 0.717) is 17.3 Å². The van der Waals surface area contributed by atoms with Gasteiger partial charge < -0.3 is 15.5 Å². The number of rotatable bonds is 2. The minimum absolute atomic E-state index is 0.0338. The normalized spacial score (nSPS) is 24.7. The highest BCUT2D eigenvalue weighted by Crippen LogP contribution is 2.42. The van der Waals surface area contributed by atoms with Gasteiger partial charge in [-0.1, -0.05) is 0 Å². The Labute approximate surface area is 119 Å². The fourth-order valence-corrected chi connectivity index (χ4v) is 3.02. The molecule has 2 heterocycles. The Morgan fingerprint density at radius 1 is 1.40 bits per heavy atom. The lowest BCUT2D eigenvalue weighted by atomic mass is 10.2. The molecular weight excluding hydrogens is 254 g/mol. The van der Waals surface area contributed by atoms with Crippen molar-refractivity contribution < 1.29 is 4.79 Å². The summed E-state index contributed by atoms with van der Waals surface area (Å²) in [5.74, 6) is 0.449. The number of carbonyl (C=O) groups excluding carboxylic acids is 1. The molecule has 1 aromatic heterocycles. The highest BCUT2D eigenvalue weighted by molar-refractivity contribution is 5.98. The van der Waals surface area contributed by atoms with Crippen LogP contribution in [0, 0.1) is 0 Å². The molecule has 1 amide bonds. The molecule has 0 bridgehead atoms. The van der Waals surface area contributed by atoms with E-state index in [9.17, 15) is 4.79 Å². The van der Waals surface area contributed by atoms with Crippen molar-refractivity contribution in [2.75, 3.05) is 32.4 Å². The number of nitrogens with two attached hydrogens (primary N) is 1. The Hall–Kier alpha value is -1.56. The van der Waals surface area contributed by atoms with Gasteiger partial charge >= 0.3 is 0 Å². The zero-order valence-electron chi connectivity index (χ0n) is 12.2. The first-order valence-corrected chi connectivity index (χ1v) is 7.41. The van der Waals surface area contributed by atoms with Crippen LogP contribution < -0.4 is 5.73 Å². The lowest BCUT2D eigenvalue weighted by Crippen LogP contribution is -2.42. The topological polar surface area (TPSA) is 78.2 Å². The van der Waals surface area contributed by atoms with Gasteiger partial charge in [-0.05, 0) is 39.8 Å². The molecule has 2 aliphatic rings. The van der Waals surface area contributed by atoms with E-state index in [1.54, 1.807) is 0 Å². The molecule has 3 N–H and O–H groups in total. The van der Waals surface area contributed by atoms with Crippen molar-refractivity contribution in [2.45, 2.75) is 38.1 Å². The second-order valence-electron chi connectivity index (χ2n) is 6.14. The smallest absolute Gasteiger partial charge is 0.276 e. The molecule has 3 rings (SSSR count). The lowest BCUT2D eigenvalue weighted by Gasteiger charge is -2.27. The standard InChI is InChI=1S/C14H23N5O/c1-9-8-18(2)6-3-7-19(9)14(20)13-11(15)12(16-17-13)10-4-5-10/h9-10H,3-8,15H2,1-2H3,(H,16,17). The number of nitrogens with zero attached hydrogens (tertiary/aromatic N) is 3. The minimum Gasteiger partial charge on any atom is -0.395 e. The van der Waals surface area contributed by atoms with Crippen molar-refractivity contribution in [1.82, 2.24) is 20.0 Å². The molecule has 1 atom stereocenters. The van der Waals surface area contributed by atoms with Crippen LogP contribution in [0.4, 0.5) is 5.69 Å². The molecule has 0 aromatic carbocycles. The monoisotopic (exact) mass is 277 g/mol. The van der Waals surface area contributed by atoms with Crippen LogP contribution in [0.15, 0.2) is 0 Å². The number of aromatic amines is 1. The van der Waals surface area contributed by atoms with Crippen LogP contribution in [0.25, 0.3) is 0 Å². The number of nitrogen functional groups attached to an aromatic ring is 1. The maximum atomic E-state index is 12.7. The second kappa shape index (κ2) is 5.09. The summed E-state index contributed by atoms with van der Waals surface area (Å²) >= 11 is 0. The van der Waals surface area contributed by atoms with Crippen LogP contribution in [0.1, 0.15) is 48.3 Å². The van der Waals surface area contributed by atoms with Gasteiger partial charge in [0.25, 0.3) is 5.91 Å². The van der Waals surface area contributed by atoms with Crippen molar-refractivity contribution in [1.29, 1.82) is 0 Å². The highest BCUT2D eigenvalue weighted by Gasteiger charge is 2.33. The molecule has 1 aliphatic heterocycles. The molecule has 6 heteroatoms. The van der Waals surface area contributed by atoms with E-state index >= 15 is 0 Å². The highest BCUT2D eigenvalue weighted by atomic mass is 16.2. The van der Waals surface area contributed by atoms with Crippen molar-refractivity contribution in [2.24, 2.45) is 0 Å². The molecule has 2 fully saturated rings. The zero-order chi connectivity index (χ0) is 14.3. The molecule has 20 heavy (non-hydrogen) atoms. The first-order valence-electron chi connectivity index (χ1n) is 7.41. The molecule has 1 aromatic rings. The molecule has 1 saturated heterocycles. The average molecular weight is 277 g/mol. The number of hydrogen-bond donors (Lipinski definition) is 2. The largest absolute Gasteiger partial charge is 0.395 e. The van der Waals surface area contributed by atoms with E-state index in [1.807, 2.05) is 4.90 Å². The number of nitrogens with one attached hydrogen (secondary N) is 1. The quantitative estimate of drug-likeness (QED) is 0.846. The van der Waals surface area contributed by atoms with Gasteiger partial charge in [0, 0.05) is 25.0 Å². The number of aromatic nitrogens is 2. The van der Waals surface area contributed by atoms with E-state index in [-0.39, 0.29) is 11.9 Å². The predicted molar refractivity (Wildman–Crippen MR) is 77.6 cm³/mol. The van der Waals surface area contributed by atoms with Gasteiger partial charge in [0.15, 0.2) is 5.69 Å². The van der Waals surface area contributed by atoms with Gasteiger partial charge in [-0.25, -0.2) is 0 Å². The molecule has 110 valence electrons. The van der Waals surface area contributed by atoms with Crippen LogP contribution in [-0.2, 0) is 0 Å². The first-order chi connectivity index (χ1) is 9.58. The van der Waals surface area contributed by atoms with Gasteiger partial charge in [0.1, 0.15) is 0 Å². The summed E-state index contributed by atoms with van der Waals surface area (Å²) in [5, 5.41) is 7.14. The number of hydrogen-bond acceptors (Lipinski definition) is 4. The summed E-state index contributed by atoms with van der Waals surface area (Å²) in [6.45, 7) is 4.78. The Bertz CT molecular complexity index is 508. The molecular formula is C14H23N5O. The summed E-state index contributed by atoms with van der Waals surface area (Å²) in [6, 6.07) is 0.190. The van der Waals surface area contributed by atoms with Crippen LogP contribution >= 0.6 is 0 Å². The molecule has 0 spiro atoms. The van der Waals surface area contributed by atoms with Gasteiger partial charge in [-0.2, -0.15) is 5.10 Å². The third kappa shape index (κ3) is 2.40. The van der Waals surface area contributed by atoms with Crippen LogP contribution in [0.2, 0.25) is 0 Å². The van der Waals surface area contributed by atoms with E-state index < -0.39 is 0 Å². The summed E-state index contributed by atoms with van der Waals surface area (Å²) in [7, 11) is 2.10. The fourth-order valence-electron chi connectivity index (χ4n) is 3.02. The Morgan fingerprint density at radius 2 is 2.15 bits per heavy atom. The van der Waals surface area contributed by atoms with Crippen LogP contribution in [0.5, 0.6) is 0 Å². The average Bonchev–Trinajstić information content (AvgIpc) is 3.18. The number of carbonyl (C=O) groups is 1. The van der Waals surface area contributed by atoms with Crippen molar-refractivity contribution in [3.63, 3.8) is 0 Å². The molecule has 1 aliphatic carbocycles. The zero-order valence-corrected chi connectivity index (χ0v) is 12.2. The van der Waals surface area contributed by atoms with Crippen molar-refractivity contribution in [3.05, 3.63) is 11.4 Å². The summed E-state index contributed by atoms with van der Waals surface area (Å²) in [5.41, 5.74) is 8.03. The fraction of sp³-hybridized carbons (Fsp3) is 0.714. The number of likely N-dealkylation sites (N-methyl/N-ethyl adjacent to an activating group) is 1. The van der Waals surface area contributed by atoms with Crippen molar-refractivity contribution >= 4 is 11.6 Å². The van der Waals surface area contributed by atoms with Gasteiger partial charge in [0.05, 0.1) is 11.4 Å². The Balaban J connectivity index is 1.80. The number of H-pyrrole nitrogens is 1. The third-order valence-electron chi connectivity index (χ3n) is 4.33. The Kier molecular flexibility index (Phi) is 3.41.